The molecule has 3 heterocycles. The van der Waals surface area contributed by atoms with Gasteiger partial charge in [0.05, 0.1) is 12.3 Å². The first-order valence-electron chi connectivity index (χ1n) is 9.74. The molecule has 26 heavy (non-hydrogen) atoms. The topological polar surface area (TPSA) is 39.6 Å². The quantitative estimate of drug-likeness (QED) is 0.919. The molecule has 0 saturated carbocycles. The van der Waals surface area contributed by atoms with Gasteiger partial charge in [-0.1, -0.05) is 30.3 Å². The second-order valence-corrected chi connectivity index (χ2v) is 8.03. The van der Waals surface area contributed by atoms with Crippen LogP contribution in [-0.2, 0) is 6.54 Å². The number of nitrogens with zero attached hydrogens (tertiary/aromatic N) is 3. The molecule has 0 unspecified atom stereocenters. The molecule has 2 aliphatic heterocycles. The lowest BCUT2D eigenvalue weighted by Crippen LogP contribution is -2.61. The van der Waals surface area contributed by atoms with Crippen molar-refractivity contribution in [3.05, 3.63) is 54.2 Å². The number of hydrogen-bond acceptors (Lipinski definition) is 4. The molecule has 0 aliphatic carbocycles. The number of aliphatic hydroxyl groups excluding tert-OH is 1. The van der Waals surface area contributed by atoms with Crippen LogP contribution in [-0.4, -0.2) is 59.2 Å². The summed E-state index contributed by atoms with van der Waals surface area (Å²) < 4.78 is 0. The minimum Gasteiger partial charge on any atom is -0.396 e. The normalized spacial score (nSPS) is 27.2. The molecule has 2 atom stereocenters. The highest BCUT2D eigenvalue weighted by atomic mass is 16.3. The van der Waals surface area contributed by atoms with Gasteiger partial charge in [-0.15, -0.1) is 0 Å². The van der Waals surface area contributed by atoms with E-state index in [1.165, 1.54) is 12.0 Å². The van der Waals surface area contributed by atoms with Crippen LogP contribution in [0.4, 0.5) is 0 Å². The van der Waals surface area contributed by atoms with Crippen LogP contribution in [0.3, 0.4) is 0 Å². The highest BCUT2D eigenvalue weighted by Crippen LogP contribution is 2.42. The molecule has 0 amide bonds. The first-order chi connectivity index (χ1) is 12.7. The first-order valence-corrected chi connectivity index (χ1v) is 9.74. The number of aromatic nitrogens is 1. The third-order valence-electron chi connectivity index (χ3n) is 6.36. The molecule has 0 bridgehead atoms. The van der Waals surface area contributed by atoms with Crippen molar-refractivity contribution in [1.82, 2.24) is 14.8 Å². The summed E-state index contributed by atoms with van der Waals surface area (Å²) >= 11 is 0. The van der Waals surface area contributed by atoms with Crippen LogP contribution < -0.4 is 0 Å². The molecule has 4 heteroatoms. The van der Waals surface area contributed by atoms with E-state index in [0.717, 1.165) is 50.3 Å². The van der Waals surface area contributed by atoms with Gasteiger partial charge in [0.15, 0.2) is 0 Å². The van der Waals surface area contributed by atoms with Crippen LogP contribution in [0.5, 0.6) is 0 Å². The fourth-order valence-electron chi connectivity index (χ4n) is 4.75. The number of fused-ring (bicyclic) bond motifs is 1. The SMILES string of the molecule is CN1CC[C@@]2(CO)CCCN(Cc3ccc(-c4ccccn4)cc3)[C@@H]2C1. The van der Waals surface area contributed by atoms with E-state index in [-0.39, 0.29) is 5.41 Å². The van der Waals surface area contributed by atoms with Crippen LogP contribution >= 0.6 is 0 Å². The second kappa shape index (κ2) is 7.47. The predicted octanol–water partition coefficient (Wildman–Crippen LogP) is 3.03. The fourth-order valence-corrected chi connectivity index (χ4v) is 4.75. The van der Waals surface area contributed by atoms with Crippen molar-refractivity contribution in [3.8, 4) is 11.3 Å². The molecule has 0 spiro atoms. The van der Waals surface area contributed by atoms with Crippen molar-refractivity contribution in [2.45, 2.75) is 31.8 Å². The first kappa shape index (κ1) is 17.7. The van der Waals surface area contributed by atoms with Gasteiger partial charge in [0.25, 0.3) is 0 Å². The number of benzene rings is 1. The van der Waals surface area contributed by atoms with Crippen molar-refractivity contribution in [2.24, 2.45) is 5.41 Å². The molecule has 2 aromatic rings. The maximum Gasteiger partial charge on any atom is 0.0701 e. The second-order valence-electron chi connectivity index (χ2n) is 8.03. The van der Waals surface area contributed by atoms with Crippen LogP contribution in [0.15, 0.2) is 48.7 Å². The Morgan fingerprint density at radius 1 is 1.12 bits per heavy atom. The van der Waals surface area contributed by atoms with Crippen LogP contribution in [0, 0.1) is 5.41 Å². The van der Waals surface area contributed by atoms with Crippen molar-refractivity contribution in [1.29, 1.82) is 0 Å². The predicted molar refractivity (Wildman–Crippen MR) is 105 cm³/mol. The summed E-state index contributed by atoms with van der Waals surface area (Å²) in [6.07, 6.45) is 5.30. The molecule has 1 aromatic carbocycles. The van der Waals surface area contributed by atoms with E-state index in [4.69, 9.17) is 0 Å². The molecule has 1 aromatic heterocycles. The molecule has 0 radical (unpaired) electrons. The van der Waals surface area contributed by atoms with E-state index in [2.05, 4.69) is 46.1 Å². The van der Waals surface area contributed by atoms with Crippen LogP contribution in [0.1, 0.15) is 24.8 Å². The Balaban J connectivity index is 1.51. The van der Waals surface area contributed by atoms with E-state index in [1.54, 1.807) is 0 Å². The lowest BCUT2D eigenvalue weighted by Gasteiger charge is -2.54. The minimum atomic E-state index is 0.0959. The average Bonchev–Trinajstić information content (AvgIpc) is 2.70. The summed E-state index contributed by atoms with van der Waals surface area (Å²) in [5, 5.41) is 10.2. The minimum absolute atomic E-state index is 0.0959. The van der Waals surface area contributed by atoms with Crippen molar-refractivity contribution in [3.63, 3.8) is 0 Å². The largest absolute Gasteiger partial charge is 0.396 e. The van der Waals surface area contributed by atoms with Gasteiger partial charge in [0.1, 0.15) is 0 Å². The monoisotopic (exact) mass is 351 g/mol. The molecule has 4 rings (SSSR count). The van der Waals surface area contributed by atoms with E-state index >= 15 is 0 Å². The lowest BCUT2D eigenvalue weighted by atomic mass is 9.69. The summed E-state index contributed by atoms with van der Waals surface area (Å²) in [4.78, 5) is 9.45. The van der Waals surface area contributed by atoms with Gasteiger partial charge in [0, 0.05) is 36.3 Å². The molecule has 4 nitrogen and oxygen atoms in total. The number of pyridine rings is 1. The Kier molecular flexibility index (Phi) is 5.07. The number of likely N-dealkylation sites (N-methyl/N-ethyl adjacent to an activating group) is 1. The molecule has 1 N–H and O–H groups in total. The Morgan fingerprint density at radius 2 is 1.96 bits per heavy atom. The molecule has 2 aliphatic rings. The third kappa shape index (κ3) is 3.41. The van der Waals surface area contributed by atoms with Gasteiger partial charge in [-0.2, -0.15) is 0 Å². The number of piperidine rings is 2. The number of aliphatic hydroxyl groups is 1. The summed E-state index contributed by atoms with van der Waals surface area (Å²) in [5.74, 6) is 0. The number of rotatable bonds is 4. The Hall–Kier alpha value is -1.75. The summed E-state index contributed by atoms with van der Waals surface area (Å²) in [5.41, 5.74) is 3.62. The Labute approximate surface area is 156 Å². The van der Waals surface area contributed by atoms with E-state index in [9.17, 15) is 5.11 Å². The van der Waals surface area contributed by atoms with Crippen molar-refractivity contribution < 1.29 is 5.11 Å². The molecular formula is C22H29N3O. The van der Waals surface area contributed by atoms with Gasteiger partial charge in [-0.3, -0.25) is 9.88 Å². The van der Waals surface area contributed by atoms with Gasteiger partial charge < -0.3 is 10.0 Å². The Bertz CT molecular complexity index is 718. The Morgan fingerprint density at radius 3 is 2.69 bits per heavy atom. The fraction of sp³-hybridized carbons (Fsp3) is 0.500. The maximum atomic E-state index is 10.2. The van der Waals surface area contributed by atoms with Gasteiger partial charge in [-0.05, 0) is 57.1 Å². The standard InChI is InChI=1S/C22H29N3O/c1-24-14-11-22(17-26)10-4-13-25(21(22)16-24)15-18-6-8-19(9-7-18)20-5-2-3-12-23-20/h2-3,5-9,12,21,26H,4,10-11,13-17H2,1H3/t21-,22-/m1/s1. The van der Waals surface area contributed by atoms with E-state index in [0.29, 0.717) is 12.6 Å². The molecular weight excluding hydrogens is 322 g/mol. The zero-order chi connectivity index (χ0) is 18.0. The van der Waals surface area contributed by atoms with Crippen LogP contribution in [0.25, 0.3) is 11.3 Å². The number of hydrogen-bond donors (Lipinski definition) is 1. The zero-order valence-electron chi connectivity index (χ0n) is 15.6. The van der Waals surface area contributed by atoms with Gasteiger partial charge >= 0.3 is 0 Å². The smallest absolute Gasteiger partial charge is 0.0701 e. The van der Waals surface area contributed by atoms with Crippen molar-refractivity contribution in [2.75, 3.05) is 33.3 Å². The zero-order valence-corrected chi connectivity index (χ0v) is 15.6. The van der Waals surface area contributed by atoms with E-state index < -0.39 is 0 Å². The summed E-state index contributed by atoms with van der Waals surface area (Å²) in [6.45, 7) is 4.57. The molecule has 2 fully saturated rings. The lowest BCUT2D eigenvalue weighted by molar-refractivity contribution is -0.0744. The summed E-state index contributed by atoms with van der Waals surface area (Å²) in [7, 11) is 2.20. The van der Waals surface area contributed by atoms with Crippen LogP contribution in [0.2, 0.25) is 0 Å². The average molecular weight is 351 g/mol. The van der Waals surface area contributed by atoms with Crippen molar-refractivity contribution >= 4 is 0 Å². The number of likely N-dealkylation sites (tertiary alicyclic amines) is 2. The summed E-state index contributed by atoms with van der Waals surface area (Å²) in [6, 6.07) is 15.3. The highest BCUT2D eigenvalue weighted by molar-refractivity contribution is 5.58. The van der Waals surface area contributed by atoms with Gasteiger partial charge in [-0.25, -0.2) is 0 Å². The molecule has 138 valence electrons. The molecule has 2 saturated heterocycles. The highest BCUT2D eigenvalue weighted by Gasteiger charge is 2.46. The third-order valence-corrected chi connectivity index (χ3v) is 6.36. The van der Waals surface area contributed by atoms with E-state index in [1.807, 2.05) is 24.4 Å². The van der Waals surface area contributed by atoms with Gasteiger partial charge in [0.2, 0.25) is 0 Å². The maximum absolute atomic E-state index is 10.2.